The monoisotopic (exact) mass is 343 g/mol. The van der Waals surface area contributed by atoms with Crippen LogP contribution in [-0.2, 0) is 0 Å². The molecule has 0 aliphatic carbocycles. The summed E-state index contributed by atoms with van der Waals surface area (Å²) in [5.41, 5.74) is 0.337. The van der Waals surface area contributed by atoms with E-state index in [0.29, 0.717) is 24.2 Å². The number of nitrogens with one attached hydrogen (secondary N) is 1. The summed E-state index contributed by atoms with van der Waals surface area (Å²) >= 11 is 3.01. The highest BCUT2D eigenvalue weighted by molar-refractivity contribution is 9.10. The van der Waals surface area contributed by atoms with Crippen LogP contribution in [-0.4, -0.2) is 30.6 Å². The molecule has 5 nitrogen and oxygen atoms in total. The SMILES string of the molecule is O=[N+]([O-])c1cc(Br)c(F)cc1N1C[C@@H]2CCCN[C@@H]2C1. The van der Waals surface area contributed by atoms with E-state index in [4.69, 9.17) is 0 Å². The molecule has 1 aromatic carbocycles. The van der Waals surface area contributed by atoms with Crippen LogP contribution in [0.1, 0.15) is 12.8 Å². The molecule has 2 aliphatic heterocycles. The van der Waals surface area contributed by atoms with Gasteiger partial charge in [0.05, 0.1) is 9.40 Å². The number of nitro groups is 1. The van der Waals surface area contributed by atoms with E-state index < -0.39 is 10.7 Å². The fraction of sp³-hybridized carbons (Fsp3) is 0.538. The van der Waals surface area contributed by atoms with Crippen LogP contribution in [0.3, 0.4) is 0 Å². The van der Waals surface area contributed by atoms with E-state index in [9.17, 15) is 14.5 Å². The molecule has 2 saturated heterocycles. The molecule has 1 aromatic rings. The Balaban J connectivity index is 1.93. The van der Waals surface area contributed by atoms with Gasteiger partial charge in [-0.3, -0.25) is 10.1 Å². The van der Waals surface area contributed by atoms with Crippen molar-refractivity contribution in [2.24, 2.45) is 5.92 Å². The van der Waals surface area contributed by atoms with E-state index in [1.165, 1.54) is 12.1 Å². The van der Waals surface area contributed by atoms with Crippen molar-refractivity contribution in [1.82, 2.24) is 5.32 Å². The third-order valence-corrected chi connectivity index (χ3v) is 4.76. The Kier molecular flexibility index (Phi) is 3.64. The lowest BCUT2D eigenvalue weighted by Gasteiger charge is -2.24. The Hall–Kier alpha value is -1.21. The van der Waals surface area contributed by atoms with Crippen LogP contribution < -0.4 is 10.2 Å². The molecule has 7 heteroatoms. The number of hydrogen-bond acceptors (Lipinski definition) is 4. The molecule has 3 rings (SSSR count). The van der Waals surface area contributed by atoms with Gasteiger partial charge >= 0.3 is 0 Å². The number of nitro benzene ring substituents is 1. The average Bonchev–Trinajstić information content (AvgIpc) is 2.84. The Labute approximate surface area is 124 Å². The first-order chi connectivity index (χ1) is 9.56. The highest BCUT2D eigenvalue weighted by Crippen LogP contribution is 2.37. The minimum atomic E-state index is -0.464. The van der Waals surface area contributed by atoms with Crippen LogP contribution in [0.15, 0.2) is 16.6 Å². The molecule has 0 bridgehead atoms. The van der Waals surface area contributed by atoms with E-state index in [1.54, 1.807) is 0 Å². The Morgan fingerprint density at radius 2 is 2.25 bits per heavy atom. The largest absolute Gasteiger partial charge is 0.364 e. The second-order valence-electron chi connectivity index (χ2n) is 5.38. The van der Waals surface area contributed by atoms with Crippen LogP contribution in [0, 0.1) is 21.8 Å². The number of anilines is 1. The quantitative estimate of drug-likeness (QED) is 0.662. The van der Waals surface area contributed by atoms with Crippen molar-refractivity contribution < 1.29 is 9.31 Å². The molecule has 2 fully saturated rings. The zero-order valence-corrected chi connectivity index (χ0v) is 12.4. The van der Waals surface area contributed by atoms with Crippen LogP contribution in [0.25, 0.3) is 0 Å². The Morgan fingerprint density at radius 3 is 2.95 bits per heavy atom. The van der Waals surface area contributed by atoms with Gasteiger partial charge in [-0.1, -0.05) is 0 Å². The van der Waals surface area contributed by atoms with Gasteiger partial charge in [0.25, 0.3) is 5.69 Å². The van der Waals surface area contributed by atoms with Gasteiger partial charge in [-0.2, -0.15) is 0 Å². The van der Waals surface area contributed by atoms with Crippen molar-refractivity contribution in [3.05, 3.63) is 32.5 Å². The molecule has 0 spiro atoms. The van der Waals surface area contributed by atoms with E-state index in [-0.39, 0.29) is 10.2 Å². The summed E-state index contributed by atoms with van der Waals surface area (Å²) in [7, 11) is 0. The van der Waals surface area contributed by atoms with Crippen molar-refractivity contribution in [2.75, 3.05) is 24.5 Å². The van der Waals surface area contributed by atoms with Gasteiger partial charge in [0.15, 0.2) is 0 Å². The lowest BCUT2D eigenvalue weighted by Crippen LogP contribution is -2.40. The summed E-state index contributed by atoms with van der Waals surface area (Å²) in [5, 5.41) is 14.6. The van der Waals surface area contributed by atoms with Gasteiger partial charge in [0.1, 0.15) is 11.5 Å². The molecule has 0 radical (unpaired) electrons. The lowest BCUT2D eigenvalue weighted by atomic mass is 9.94. The molecule has 20 heavy (non-hydrogen) atoms. The summed E-state index contributed by atoms with van der Waals surface area (Å²) in [5.74, 6) is 0.0310. The van der Waals surface area contributed by atoms with Gasteiger partial charge in [0, 0.05) is 31.3 Å². The minimum absolute atomic E-state index is 0.0445. The number of benzene rings is 1. The van der Waals surface area contributed by atoms with Gasteiger partial charge < -0.3 is 10.2 Å². The highest BCUT2D eigenvalue weighted by atomic mass is 79.9. The smallest absolute Gasteiger partial charge is 0.293 e. The van der Waals surface area contributed by atoms with E-state index in [0.717, 1.165) is 25.9 Å². The van der Waals surface area contributed by atoms with Crippen molar-refractivity contribution >= 4 is 27.3 Å². The van der Waals surface area contributed by atoms with Crippen molar-refractivity contribution in [3.8, 4) is 0 Å². The van der Waals surface area contributed by atoms with Crippen LogP contribution in [0.5, 0.6) is 0 Å². The Bertz CT molecular complexity index is 541. The number of halogens is 2. The summed E-state index contributed by atoms with van der Waals surface area (Å²) < 4.78 is 13.9. The Morgan fingerprint density at radius 1 is 1.45 bits per heavy atom. The zero-order valence-electron chi connectivity index (χ0n) is 10.8. The number of nitrogens with zero attached hydrogens (tertiary/aromatic N) is 2. The summed E-state index contributed by atoms with van der Waals surface area (Å²) in [6.07, 6.45) is 2.26. The molecule has 0 saturated carbocycles. The van der Waals surface area contributed by atoms with Gasteiger partial charge in [-0.05, 0) is 41.2 Å². The summed E-state index contributed by atoms with van der Waals surface area (Å²) in [4.78, 5) is 12.7. The van der Waals surface area contributed by atoms with E-state index in [2.05, 4.69) is 21.2 Å². The number of hydrogen-bond donors (Lipinski definition) is 1. The van der Waals surface area contributed by atoms with Crippen molar-refractivity contribution in [3.63, 3.8) is 0 Å². The van der Waals surface area contributed by atoms with Gasteiger partial charge in [0.2, 0.25) is 0 Å². The van der Waals surface area contributed by atoms with Gasteiger partial charge in [-0.15, -0.1) is 0 Å². The first-order valence-electron chi connectivity index (χ1n) is 6.68. The maximum atomic E-state index is 13.7. The number of rotatable bonds is 2. The molecule has 108 valence electrons. The minimum Gasteiger partial charge on any atom is -0.364 e. The second-order valence-corrected chi connectivity index (χ2v) is 6.23. The molecule has 0 amide bonds. The molecular formula is C13H15BrFN3O2. The van der Waals surface area contributed by atoms with E-state index >= 15 is 0 Å². The molecule has 1 N–H and O–H groups in total. The van der Waals surface area contributed by atoms with Crippen LogP contribution >= 0.6 is 15.9 Å². The third-order valence-electron chi connectivity index (χ3n) is 4.15. The summed E-state index contributed by atoms with van der Waals surface area (Å²) in [6, 6.07) is 2.87. The molecule has 0 unspecified atom stereocenters. The molecule has 2 atom stereocenters. The summed E-state index contributed by atoms with van der Waals surface area (Å²) in [6.45, 7) is 2.44. The standard InChI is InChI=1S/C13H15BrFN3O2/c14-9-4-13(18(19)20)12(5-10(9)15)17-6-8-2-1-3-16-11(8)7-17/h4-5,8,11,16H,1-3,6-7H2/t8-,11+/m0/s1. The third kappa shape index (κ3) is 2.40. The molecule has 2 aliphatic rings. The van der Waals surface area contributed by atoms with Gasteiger partial charge in [-0.25, -0.2) is 4.39 Å². The van der Waals surface area contributed by atoms with Crippen molar-refractivity contribution in [1.29, 1.82) is 0 Å². The maximum absolute atomic E-state index is 13.7. The lowest BCUT2D eigenvalue weighted by molar-refractivity contribution is -0.384. The molecule has 0 aromatic heterocycles. The normalized spacial score (nSPS) is 25.6. The predicted molar refractivity (Wildman–Crippen MR) is 77.5 cm³/mol. The maximum Gasteiger partial charge on any atom is 0.293 e. The topological polar surface area (TPSA) is 58.4 Å². The zero-order chi connectivity index (χ0) is 14.3. The molecular weight excluding hydrogens is 329 g/mol. The van der Waals surface area contributed by atoms with Crippen molar-refractivity contribution in [2.45, 2.75) is 18.9 Å². The van der Waals surface area contributed by atoms with E-state index in [1.807, 2.05) is 4.90 Å². The van der Waals surface area contributed by atoms with Crippen LogP contribution in [0.2, 0.25) is 0 Å². The van der Waals surface area contributed by atoms with Crippen LogP contribution in [0.4, 0.5) is 15.8 Å². The first-order valence-corrected chi connectivity index (χ1v) is 7.47. The first kappa shape index (κ1) is 13.8. The fourth-order valence-corrected chi connectivity index (χ4v) is 3.50. The number of fused-ring (bicyclic) bond motifs is 1. The molecule has 2 heterocycles. The predicted octanol–water partition coefficient (Wildman–Crippen LogP) is 2.68. The fourth-order valence-electron chi connectivity index (χ4n) is 3.17. The highest BCUT2D eigenvalue weighted by Gasteiger charge is 2.36. The average molecular weight is 344 g/mol. The second kappa shape index (κ2) is 5.29. The number of piperidine rings is 1.